The molecule has 4 bridgehead atoms. The Bertz CT molecular complexity index is 791. The van der Waals surface area contributed by atoms with Gasteiger partial charge in [-0.25, -0.2) is 0 Å². The van der Waals surface area contributed by atoms with Gasteiger partial charge in [0, 0.05) is 18.3 Å². The lowest BCUT2D eigenvalue weighted by Crippen LogP contribution is -2.50. The van der Waals surface area contributed by atoms with Crippen molar-refractivity contribution in [3.05, 3.63) is 12.2 Å². The highest BCUT2D eigenvalue weighted by atomic mass is 16.6. The summed E-state index contributed by atoms with van der Waals surface area (Å²) in [6, 6.07) is 0. The van der Waals surface area contributed by atoms with Crippen LogP contribution in [0.1, 0.15) is 39.0 Å². The summed E-state index contributed by atoms with van der Waals surface area (Å²) in [5.74, 6) is -1.19. The molecule has 4 saturated carbocycles. The molecule has 6 heteroatoms. The first kappa shape index (κ1) is 15.6. The van der Waals surface area contributed by atoms with E-state index in [1.54, 1.807) is 0 Å². The van der Waals surface area contributed by atoms with Gasteiger partial charge in [0.25, 0.3) is 0 Å². The molecule has 6 fully saturated rings. The van der Waals surface area contributed by atoms with Crippen molar-refractivity contribution in [1.29, 1.82) is 0 Å². The molecule has 6 nitrogen and oxygen atoms in total. The standard InChI is InChI=1S/C20H24O6/c1-9-6-18-8-19(9,23)5-4-11(18)20-7-10-14(25-10)17(2,16(22)26-20)13(20)12(18)15(21)24-3/h10-14,23H,1,4-8H2,2-3H3/t10-,11?,12+,13+,14-,17-,18-,19-,20+/m0/s1. The summed E-state index contributed by atoms with van der Waals surface area (Å²) >= 11 is 0. The van der Waals surface area contributed by atoms with Gasteiger partial charge in [-0.15, -0.1) is 0 Å². The highest BCUT2D eigenvalue weighted by Gasteiger charge is 2.88. The molecular formula is C20H24O6. The zero-order valence-corrected chi connectivity index (χ0v) is 15.1. The molecule has 6 rings (SSSR count). The quantitative estimate of drug-likeness (QED) is 0.432. The van der Waals surface area contributed by atoms with E-state index in [1.165, 1.54) is 7.11 Å². The maximum atomic E-state index is 13.1. The predicted octanol–water partition coefficient (Wildman–Crippen LogP) is 1.36. The van der Waals surface area contributed by atoms with Crippen LogP contribution in [0, 0.1) is 28.6 Å². The highest BCUT2D eigenvalue weighted by Crippen LogP contribution is 2.80. The molecule has 6 aliphatic rings. The first-order valence-corrected chi connectivity index (χ1v) is 9.60. The molecule has 140 valence electrons. The van der Waals surface area contributed by atoms with Gasteiger partial charge in [0.15, 0.2) is 0 Å². The van der Waals surface area contributed by atoms with Gasteiger partial charge < -0.3 is 19.3 Å². The fraction of sp³-hybridized carbons (Fsp3) is 0.800. The van der Waals surface area contributed by atoms with Crippen molar-refractivity contribution in [1.82, 2.24) is 0 Å². The molecule has 2 heterocycles. The fourth-order valence-corrected chi connectivity index (χ4v) is 8.11. The van der Waals surface area contributed by atoms with E-state index >= 15 is 0 Å². The van der Waals surface area contributed by atoms with Crippen LogP contribution in [0.3, 0.4) is 0 Å². The maximum Gasteiger partial charge on any atom is 0.315 e. The van der Waals surface area contributed by atoms with Crippen molar-refractivity contribution < 1.29 is 28.9 Å². The number of ether oxygens (including phenoxy) is 3. The number of aliphatic hydroxyl groups is 1. The molecule has 9 atom stereocenters. The van der Waals surface area contributed by atoms with E-state index < -0.39 is 27.9 Å². The smallest absolute Gasteiger partial charge is 0.315 e. The second-order valence-electron chi connectivity index (χ2n) is 9.72. The van der Waals surface area contributed by atoms with Crippen molar-refractivity contribution in [3.63, 3.8) is 0 Å². The second kappa shape index (κ2) is 4.04. The molecule has 0 amide bonds. The summed E-state index contributed by atoms with van der Waals surface area (Å²) in [5, 5.41) is 11.1. The minimum Gasteiger partial charge on any atom is -0.469 e. The van der Waals surface area contributed by atoms with Gasteiger partial charge in [0.2, 0.25) is 0 Å². The molecule has 0 aromatic rings. The zero-order valence-electron chi connectivity index (χ0n) is 15.1. The summed E-state index contributed by atoms with van der Waals surface area (Å²) in [6.45, 7) is 6.05. The van der Waals surface area contributed by atoms with Crippen LogP contribution >= 0.6 is 0 Å². The van der Waals surface area contributed by atoms with Gasteiger partial charge in [-0.1, -0.05) is 6.58 Å². The molecule has 1 spiro atoms. The van der Waals surface area contributed by atoms with Gasteiger partial charge in [-0.2, -0.15) is 0 Å². The van der Waals surface area contributed by atoms with Crippen molar-refractivity contribution in [3.8, 4) is 0 Å². The lowest BCUT2D eigenvalue weighted by atomic mass is 9.60. The van der Waals surface area contributed by atoms with Crippen LogP contribution in [0.25, 0.3) is 0 Å². The Hall–Kier alpha value is -1.40. The SMILES string of the molecule is C=C1C[C@]23C[C@@]1(O)CCC2[C@@]12C[C@@H]4O[C@@H]4[C@@](C)(C(=O)O1)[C@H]2[C@@H]3C(=O)OC. The van der Waals surface area contributed by atoms with Crippen molar-refractivity contribution >= 4 is 11.9 Å². The van der Waals surface area contributed by atoms with E-state index in [9.17, 15) is 14.7 Å². The molecule has 26 heavy (non-hydrogen) atoms. The lowest BCUT2D eigenvalue weighted by Gasteiger charge is -2.45. The van der Waals surface area contributed by atoms with E-state index in [2.05, 4.69) is 6.58 Å². The van der Waals surface area contributed by atoms with Gasteiger partial charge in [0.05, 0.1) is 24.7 Å². The number of fused-ring (bicyclic) bond motifs is 3. The van der Waals surface area contributed by atoms with Crippen LogP contribution in [-0.2, 0) is 23.8 Å². The predicted molar refractivity (Wildman–Crippen MR) is 87.7 cm³/mol. The monoisotopic (exact) mass is 360 g/mol. The van der Waals surface area contributed by atoms with Crippen molar-refractivity contribution in [2.45, 2.75) is 62.4 Å². The molecule has 1 N–H and O–H groups in total. The summed E-state index contributed by atoms with van der Waals surface area (Å²) in [4.78, 5) is 26.0. The Morgan fingerprint density at radius 2 is 2.19 bits per heavy atom. The van der Waals surface area contributed by atoms with Crippen LogP contribution in [0.15, 0.2) is 12.2 Å². The third-order valence-electron chi connectivity index (χ3n) is 8.95. The van der Waals surface area contributed by atoms with Crippen LogP contribution in [0.4, 0.5) is 0 Å². The Morgan fingerprint density at radius 3 is 2.92 bits per heavy atom. The van der Waals surface area contributed by atoms with E-state index in [1.807, 2.05) is 6.92 Å². The first-order valence-electron chi connectivity index (χ1n) is 9.60. The number of esters is 2. The average Bonchev–Trinajstić information content (AvgIpc) is 3.23. The number of carbonyl (C=O) groups excluding carboxylic acids is 2. The zero-order chi connectivity index (χ0) is 18.3. The molecule has 0 aromatic heterocycles. The largest absolute Gasteiger partial charge is 0.469 e. The lowest BCUT2D eigenvalue weighted by molar-refractivity contribution is -0.165. The van der Waals surface area contributed by atoms with Crippen LogP contribution in [0.5, 0.6) is 0 Å². The normalized spacial score (nSPS) is 60.8. The Kier molecular flexibility index (Phi) is 2.43. The second-order valence-corrected chi connectivity index (χ2v) is 9.72. The van der Waals surface area contributed by atoms with Crippen LogP contribution in [-0.4, -0.2) is 47.6 Å². The summed E-state index contributed by atoms with van der Waals surface area (Å²) < 4.78 is 17.3. The van der Waals surface area contributed by atoms with E-state index in [4.69, 9.17) is 14.2 Å². The number of epoxide rings is 1. The third-order valence-corrected chi connectivity index (χ3v) is 8.95. The topological polar surface area (TPSA) is 85.4 Å². The highest BCUT2D eigenvalue weighted by molar-refractivity contribution is 5.86. The number of carbonyl (C=O) groups is 2. The van der Waals surface area contributed by atoms with Crippen molar-refractivity contribution in [2.75, 3.05) is 7.11 Å². The average molecular weight is 360 g/mol. The molecule has 1 unspecified atom stereocenters. The fourth-order valence-electron chi connectivity index (χ4n) is 8.11. The minimum atomic E-state index is -0.906. The van der Waals surface area contributed by atoms with E-state index in [0.29, 0.717) is 25.7 Å². The Morgan fingerprint density at radius 1 is 1.42 bits per heavy atom. The molecular weight excluding hydrogens is 336 g/mol. The summed E-state index contributed by atoms with van der Waals surface area (Å²) in [6.07, 6.45) is 3.02. The molecule has 2 saturated heterocycles. The molecule has 0 radical (unpaired) electrons. The number of hydrogen-bond acceptors (Lipinski definition) is 6. The molecule has 0 aromatic carbocycles. The third kappa shape index (κ3) is 1.31. The summed E-state index contributed by atoms with van der Waals surface area (Å²) in [7, 11) is 1.41. The Labute approximate surface area is 151 Å². The van der Waals surface area contributed by atoms with Gasteiger partial charge >= 0.3 is 11.9 Å². The molecule has 2 aliphatic heterocycles. The van der Waals surface area contributed by atoms with Crippen LogP contribution < -0.4 is 0 Å². The number of hydrogen-bond donors (Lipinski definition) is 1. The Balaban J connectivity index is 1.60. The first-order chi connectivity index (χ1) is 12.2. The molecule has 4 aliphatic carbocycles. The van der Waals surface area contributed by atoms with Crippen molar-refractivity contribution in [2.24, 2.45) is 28.6 Å². The van der Waals surface area contributed by atoms with E-state index in [-0.39, 0.29) is 36.0 Å². The van der Waals surface area contributed by atoms with Gasteiger partial charge in [0.1, 0.15) is 17.1 Å². The maximum absolute atomic E-state index is 13.1. The van der Waals surface area contributed by atoms with Gasteiger partial charge in [-0.05, 0) is 43.6 Å². The van der Waals surface area contributed by atoms with E-state index in [0.717, 1.165) is 12.0 Å². The van der Waals surface area contributed by atoms with Crippen LogP contribution in [0.2, 0.25) is 0 Å². The van der Waals surface area contributed by atoms with Gasteiger partial charge in [-0.3, -0.25) is 9.59 Å². The number of rotatable bonds is 1. The summed E-state index contributed by atoms with van der Waals surface area (Å²) in [5.41, 5.74) is -2.00. The minimum absolute atomic E-state index is 0.0412. The number of methoxy groups -OCH3 is 1.